The second-order valence-electron chi connectivity index (χ2n) is 11.9. The lowest BCUT2D eigenvalue weighted by Crippen LogP contribution is -2.28. The van der Waals surface area contributed by atoms with Crippen molar-refractivity contribution in [3.05, 3.63) is 193 Å². The van der Waals surface area contributed by atoms with Gasteiger partial charge in [0.1, 0.15) is 0 Å². The van der Waals surface area contributed by atoms with Crippen molar-refractivity contribution in [2.75, 3.05) is 10.6 Å². The normalized spacial score (nSPS) is 12.4. The minimum Gasteiger partial charge on any atom is -0.321 e. The predicted molar refractivity (Wildman–Crippen MR) is 212 cm³/mol. The maximum Gasteiger partial charge on any atom is 0.255 e. The minimum atomic E-state index is -1.10. The molecule has 0 spiro atoms. The molecule has 0 radical (unpaired) electrons. The van der Waals surface area contributed by atoms with Crippen molar-refractivity contribution in [3.63, 3.8) is 0 Å². The first-order valence-corrected chi connectivity index (χ1v) is 19.1. The minimum absolute atomic E-state index is 0.267. The molecule has 0 unspecified atom stereocenters. The van der Waals surface area contributed by atoms with E-state index >= 15 is 0 Å². The second-order valence-corrected chi connectivity index (χ2v) is 16.3. The van der Waals surface area contributed by atoms with E-state index in [-0.39, 0.29) is 11.8 Å². The lowest BCUT2D eigenvalue weighted by Gasteiger charge is -2.29. The van der Waals surface area contributed by atoms with E-state index in [1.807, 2.05) is 48.5 Å². The van der Waals surface area contributed by atoms with E-state index in [4.69, 9.17) is 0 Å². The molecule has 0 saturated carbocycles. The molecule has 8 rings (SSSR count). The fourth-order valence-corrected chi connectivity index (χ4v) is 11.5. The Labute approximate surface area is 294 Å². The van der Waals surface area contributed by atoms with Gasteiger partial charge in [-0.25, -0.2) is 0 Å². The Morgan fingerprint density at radius 2 is 0.660 bits per heavy atom. The van der Waals surface area contributed by atoms with Crippen LogP contribution in [0.15, 0.2) is 182 Å². The topological polar surface area (TPSA) is 58.2 Å². The molecular weight excluding hydrogens is 650 g/mol. The number of carbonyl (C=O) groups excluding carboxylic acids is 2. The summed E-state index contributed by atoms with van der Waals surface area (Å²) in [6, 6.07) is 61.6. The molecule has 6 heteroatoms. The SMILES string of the molecule is O=C1Nc2cccc(P(c3ccccc3)c3ccccc3)c2-c2c(cccc2P(c2ccccc2)c2ccccc2)NC(=O)c2cccc1c2. The highest BCUT2D eigenvalue weighted by atomic mass is 31.1. The first-order valence-electron chi connectivity index (χ1n) is 16.5. The molecule has 1 aliphatic rings. The molecule has 0 aromatic heterocycles. The average molecular weight is 683 g/mol. The molecule has 1 heterocycles. The Bertz CT molecular complexity index is 2070. The van der Waals surface area contributed by atoms with Crippen LogP contribution in [0, 0.1) is 0 Å². The van der Waals surface area contributed by atoms with Crippen molar-refractivity contribution in [2.45, 2.75) is 0 Å². The lowest BCUT2D eigenvalue weighted by atomic mass is 10.0. The number of hydrogen-bond acceptors (Lipinski definition) is 2. The zero-order valence-corrected chi connectivity index (χ0v) is 28.8. The van der Waals surface area contributed by atoms with Crippen molar-refractivity contribution in [3.8, 4) is 11.1 Å². The molecule has 50 heavy (non-hydrogen) atoms. The monoisotopic (exact) mass is 682 g/mol. The smallest absolute Gasteiger partial charge is 0.255 e. The Kier molecular flexibility index (Phi) is 8.88. The highest BCUT2D eigenvalue weighted by molar-refractivity contribution is 7.80. The standard InChI is InChI=1S/C44H32N2O2P2/c47-43-31-16-13-17-32(30-31)44(48)46-38-27-15-29-40(50(35-22-9-3-10-23-35)36-24-11-4-12-25-36)42(38)41-37(45-43)26-14-28-39(41)49(33-18-5-1-6-19-33)34-20-7-2-8-21-34/h1-30H,(H,45,47)(H,46,48). The zero-order valence-electron chi connectivity index (χ0n) is 27.0. The highest BCUT2D eigenvalue weighted by Gasteiger charge is 2.30. The van der Waals surface area contributed by atoms with Gasteiger partial charge in [0.25, 0.3) is 11.8 Å². The zero-order chi connectivity index (χ0) is 33.9. The fourth-order valence-electron chi connectivity index (χ4n) is 6.54. The molecule has 4 nitrogen and oxygen atoms in total. The van der Waals surface area contributed by atoms with Gasteiger partial charge in [-0.2, -0.15) is 0 Å². The van der Waals surface area contributed by atoms with Crippen LogP contribution in [0.3, 0.4) is 0 Å². The van der Waals surface area contributed by atoms with E-state index < -0.39 is 15.8 Å². The second kappa shape index (κ2) is 14.1. The Morgan fingerprint density at radius 1 is 0.340 bits per heavy atom. The largest absolute Gasteiger partial charge is 0.321 e. The number of anilines is 2. The third-order valence-electron chi connectivity index (χ3n) is 8.76. The third kappa shape index (κ3) is 6.16. The van der Waals surface area contributed by atoms with Gasteiger partial charge in [-0.05, 0) is 78.0 Å². The van der Waals surface area contributed by atoms with Crippen molar-refractivity contribution >= 4 is 70.9 Å². The molecular formula is C44H32N2O2P2. The van der Waals surface area contributed by atoms with Gasteiger partial charge < -0.3 is 10.6 Å². The number of carbonyl (C=O) groups is 2. The molecule has 7 aromatic rings. The van der Waals surface area contributed by atoms with E-state index in [1.165, 1.54) is 21.2 Å². The molecule has 7 aromatic carbocycles. The van der Waals surface area contributed by atoms with E-state index in [9.17, 15) is 9.59 Å². The Morgan fingerprint density at radius 3 is 1.00 bits per heavy atom. The molecule has 2 amide bonds. The van der Waals surface area contributed by atoms with Crippen LogP contribution in [-0.2, 0) is 0 Å². The summed E-state index contributed by atoms with van der Waals surface area (Å²) in [5.41, 5.74) is 4.03. The quantitative estimate of drug-likeness (QED) is 0.177. The van der Waals surface area contributed by atoms with Gasteiger partial charge in [-0.1, -0.05) is 152 Å². The molecule has 1 aliphatic heterocycles. The predicted octanol–water partition coefficient (Wildman–Crippen LogP) is 7.69. The van der Waals surface area contributed by atoms with Crippen LogP contribution in [0.25, 0.3) is 11.1 Å². The van der Waals surface area contributed by atoms with Crippen molar-refractivity contribution < 1.29 is 9.59 Å². The first-order chi connectivity index (χ1) is 24.7. The third-order valence-corrected chi connectivity index (χ3v) is 13.7. The van der Waals surface area contributed by atoms with Crippen LogP contribution >= 0.6 is 15.8 Å². The van der Waals surface area contributed by atoms with Crippen molar-refractivity contribution in [1.82, 2.24) is 0 Å². The van der Waals surface area contributed by atoms with Crippen LogP contribution in [0.2, 0.25) is 0 Å². The van der Waals surface area contributed by atoms with Crippen LogP contribution in [0.4, 0.5) is 11.4 Å². The summed E-state index contributed by atoms with van der Waals surface area (Å²) in [6.07, 6.45) is 0. The lowest BCUT2D eigenvalue weighted by molar-refractivity contribution is 0.102. The van der Waals surface area contributed by atoms with Gasteiger partial charge in [-0.15, -0.1) is 0 Å². The van der Waals surface area contributed by atoms with Gasteiger partial charge in [0, 0.05) is 33.6 Å². The van der Waals surface area contributed by atoms with Crippen LogP contribution in [-0.4, -0.2) is 11.8 Å². The van der Waals surface area contributed by atoms with Gasteiger partial charge in [-0.3, -0.25) is 9.59 Å². The summed E-state index contributed by atoms with van der Waals surface area (Å²) in [5.74, 6) is -0.535. The Hall–Kier alpha value is -5.66. The molecule has 2 bridgehead atoms. The summed E-state index contributed by atoms with van der Waals surface area (Å²) >= 11 is 0. The number of nitrogens with one attached hydrogen (secondary N) is 2. The summed E-state index contributed by atoms with van der Waals surface area (Å²) in [6.45, 7) is 0. The summed E-state index contributed by atoms with van der Waals surface area (Å²) < 4.78 is 0. The molecule has 0 atom stereocenters. The average Bonchev–Trinajstić information content (AvgIpc) is 3.18. The maximum absolute atomic E-state index is 14.0. The van der Waals surface area contributed by atoms with E-state index in [0.29, 0.717) is 22.5 Å². The number of amides is 2. The van der Waals surface area contributed by atoms with Crippen molar-refractivity contribution in [1.29, 1.82) is 0 Å². The van der Waals surface area contributed by atoms with Gasteiger partial charge in [0.05, 0.1) is 0 Å². The Balaban J connectivity index is 1.49. The summed E-state index contributed by atoms with van der Waals surface area (Å²) in [4.78, 5) is 28.1. The van der Waals surface area contributed by atoms with E-state index in [1.54, 1.807) is 24.3 Å². The van der Waals surface area contributed by atoms with Crippen LogP contribution < -0.4 is 42.5 Å². The van der Waals surface area contributed by atoms with Crippen molar-refractivity contribution in [2.24, 2.45) is 0 Å². The van der Waals surface area contributed by atoms with Gasteiger partial charge >= 0.3 is 0 Å². The van der Waals surface area contributed by atoms with E-state index in [2.05, 4.69) is 120 Å². The molecule has 240 valence electrons. The number of benzene rings is 7. The molecule has 0 saturated heterocycles. The number of rotatable bonds is 6. The number of hydrogen-bond donors (Lipinski definition) is 2. The summed E-state index contributed by atoms with van der Waals surface area (Å²) in [7, 11) is -2.20. The van der Waals surface area contributed by atoms with Crippen LogP contribution in [0.1, 0.15) is 20.7 Å². The van der Waals surface area contributed by atoms with Gasteiger partial charge in [0.15, 0.2) is 0 Å². The first kappa shape index (κ1) is 31.6. The van der Waals surface area contributed by atoms with Crippen LogP contribution in [0.5, 0.6) is 0 Å². The summed E-state index contributed by atoms with van der Waals surface area (Å²) in [5, 5.41) is 13.5. The van der Waals surface area contributed by atoms with E-state index in [0.717, 1.165) is 21.7 Å². The fraction of sp³-hybridized carbons (Fsp3) is 0. The molecule has 2 N–H and O–H groups in total. The molecule has 0 aliphatic carbocycles. The molecule has 0 fully saturated rings. The maximum atomic E-state index is 14.0. The highest BCUT2D eigenvalue weighted by Crippen LogP contribution is 2.46. The number of fused-ring (bicyclic) bond motifs is 5. The van der Waals surface area contributed by atoms with Gasteiger partial charge in [0.2, 0.25) is 0 Å².